The molecule has 0 radical (unpaired) electrons. The maximum absolute atomic E-state index is 12.1. The molecule has 1 amide bonds. The van der Waals surface area contributed by atoms with E-state index < -0.39 is 0 Å². The third kappa shape index (κ3) is 4.36. The summed E-state index contributed by atoms with van der Waals surface area (Å²) in [6.45, 7) is 9.45. The van der Waals surface area contributed by atoms with E-state index in [4.69, 9.17) is 4.98 Å². The van der Waals surface area contributed by atoms with E-state index in [-0.39, 0.29) is 11.8 Å². The van der Waals surface area contributed by atoms with Gasteiger partial charge >= 0.3 is 0 Å². The summed E-state index contributed by atoms with van der Waals surface area (Å²) in [5.74, 6) is 1.11. The second kappa shape index (κ2) is 7.81. The Balaban J connectivity index is 1.82. The molecule has 2 aromatic heterocycles. The monoisotopic (exact) mass is 353 g/mol. The molecule has 6 nitrogen and oxygen atoms in total. The lowest BCUT2D eigenvalue weighted by Crippen LogP contribution is -2.38. The van der Waals surface area contributed by atoms with Crippen LogP contribution in [0.2, 0.25) is 0 Å². The highest BCUT2D eigenvalue weighted by Gasteiger charge is 2.25. The highest BCUT2D eigenvalue weighted by molar-refractivity contribution is 5.76. The highest BCUT2D eigenvalue weighted by atomic mass is 16.2. The third-order valence-corrected chi connectivity index (χ3v) is 4.71. The van der Waals surface area contributed by atoms with Gasteiger partial charge in [-0.15, -0.1) is 0 Å². The Kier molecular flexibility index (Phi) is 5.49. The number of nitrogens with zero attached hydrogens (tertiary/aromatic N) is 4. The minimum atomic E-state index is 0.226. The van der Waals surface area contributed by atoms with Crippen molar-refractivity contribution in [1.82, 2.24) is 19.9 Å². The Morgan fingerprint density at radius 2 is 1.81 bits per heavy atom. The lowest BCUT2D eigenvalue weighted by molar-refractivity contribution is -0.132. The summed E-state index contributed by atoms with van der Waals surface area (Å²) in [5, 5.41) is 3.31. The van der Waals surface area contributed by atoms with Crippen molar-refractivity contribution in [1.29, 1.82) is 0 Å². The summed E-state index contributed by atoms with van der Waals surface area (Å²) >= 11 is 0. The second-order valence-corrected chi connectivity index (χ2v) is 7.05. The van der Waals surface area contributed by atoms with Crippen LogP contribution in [0.4, 0.5) is 11.6 Å². The number of hydrogen-bond acceptors (Lipinski definition) is 5. The lowest BCUT2D eigenvalue weighted by Gasteiger charge is -2.32. The van der Waals surface area contributed by atoms with Crippen LogP contribution in [-0.2, 0) is 4.79 Å². The van der Waals surface area contributed by atoms with Gasteiger partial charge in [-0.1, -0.05) is 6.92 Å². The summed E-state index contributed by atoms with van der Waals surface area (Å²) in [6.07, 6.45) is 2.64. The zero-order valence-electron chi connectivity index (χ0n) is 16.0. The molecule has 1 N–H and O–H groups in total. The van der Waals surface area contributed by atoms with E-state index in [1.165, 1.54) is 0 Å². The van der Waals surface area contributed by atoms with Gasteiger partial charge in [0.1, 0.15) is 0 Å². The van der Waals surface area contributed by atoms with Gasteiger partial charge in [0.2, 0.25) is 11.9 Å². The first-order valence-electron chi connectivity index (χ1n) is 9.30. The van der Waals surface area contributed by atoms with Gasteiger partial charge in [-0.2, -0.15) is 0 Å². The first kappa shape index (κ1) is 18.3. The van der Waals surface area contributed by atoms with E-state index in [9.17, 15) is 4.79 Å². The summed E-state index contributed by atoms with van der Waals surface area (Å²) < 4.78 is 0. The van der Waals surface area contributed by atoms with Gasteiger partial charge < -0.3 is 10.2 Å². The van der Waals surface area contributed by atoms with Crippen LogP contribution in [0.5, 0.6) is 0 Å². The van der Waals surface area contributed by atoms with Gasteiger partial charge in [0.25, 0.3) is 0 Å². The van der Waals surface area contributed by atoms with E-state index in [1.54, 1.807) is 0 Å². The van der Waals surface area contributed by atoms with Crippen LogP contribution in [-0.4, -0.2) is 38.8 Å². The summed E-state index contributed by atoms with van der Waals surface area (Å²) in [5.41, 5.74) is 4.80. The number of anilines is 2. The van der Waals surface area contributed by atoms with Crippen molar-refractivity contribution in [3.8, 4) is 0 Å². The molecule has 1 unspecified atom stereocenters. The molecule has 26 heavy (non-hydrogen) atoms. The van der Waals surface area contributed by atoms with Crippen molar-refractivity contribution in [2.75, 3.05) is 18.4 Å². The maximum atomic E-state index is 12.1. The number of carbonyl (C=O) groups is 1. The van der Waals surface area contributed by atoms with Gasteiger partial charge in [0.05, 0.1) is 0 Å². The maximum Gasteiger partial charge on any atom is 0.227 e. The molecule has 3 rings (SSSR count). The predicted molar refractivity (Wildman–Crippen MR) is 103 cm³/mol. The van der Waals surface area contributed by atoms with Crippen LogP contribution in [0.25, 0.3) is 0 Å². The smallest absolute Gasteiger partial charge is 0.227 e. The molecule has 0 aromatic carbocycles. The zero-order chi connectivity index (χ0) is 18.7. The number of rotatable bonds is 4. The number of aryl methyl sites for hydroxylation is 3. The Morgan fingerprint density at radius 1 is 1.12 bits per heavy atom. The number of nitrogens with one attached hydrogen (secondary N) is 1. The molecule has 2 aromatic rings. The molecule has 3 heterocycles. The molecule has 6 heteroatoms. The minimum Gasteiger partial charge on any atom is -0.342 e. The quantitative estimate of drug-likeness (QED) is 0.908. The molecule has 1 atom stereocenters. The predicted octanol–water partition coefficient (Wildman–Crippen LogP) is 3.66. The first-order chi connectivity index (χ1) is 12.4. The van der Waals surface area contributed by atoms with Gasteiger partial charge in [-0.25, -0.2) is 9.97 Å². The number of likely N-dealkylation sites (tertiary alicyclic amines) is 1. The molecule has 0 saturated carbocycles. The van der Waals surface area contributed by atoms with E-state index in [0.29, 0.717) is 12.4 Å². The van der Waals surface area contributed by atoms with Gasteiger partial charge in [-0.3, -0.25) is 9.78 Å². The van der Waals surface area contributed by atoms with Crippen LogP contribution in [0.15, 0.2) is 18.2 Å². The molecule has 1 aliphatic rings. The van der Waals surface area contributed by atoms with Gasteiger partial charge in [-0.05, 0) is 51.8 Å². The van der Waals surface area contributed by atoms with Crippen LogP contribution in [0.3, 0.4) is 0 Å². The number of aromatic nitrogens is 3. The topological polar surface area (TPSA) is 71.0 Å². The number of carbonyl (C=O) groups excluding carboxylic acids is 1. The van der Waals surface area contributed by atoms with Crippen LogP contribution in [0, 0.1) is 20.8 Å². The van der Waals surface area contributed by atoms with Crippen LogP contribution in [0.1, 0.15) is 54.9 Å². The lowest BCUT2D eigenvalue weighted by atomic mass is 9.93. The molecular weight excluding hydrogens is 326 g/mol. The third-order valence-electron chi connectivity index (χ3n) is 4.71. The fourth-order valence-electron chi connectivity index (χ4n) is 3.56. The number of pyridine rings is 1. The second-order valence-electron chi connectivity index (χ2n) is 7.05. The molecular formula is C20H27N5O. The van der Waals surface area contributed by atoms with Gasteiger partial charge in [0.15, 0.2) is 0 Å². The van der Waals surface area contributed by atoms with E-state index in [0.717, 1.165) is 54.4 Å². The van der Waals surface area contributed by atoms with Crippen LogP contribution < -0.4 is 5.32 Å². The standard InChI is InChI=1S/C20H27N5O/c1-5-19(26)25-8-6-7-16(12-25)18-11-17(10-15(4)21-18)24-20-22-13(2)9-14(3)23-20/h9-11,16H,5-8,12H2,1-4H3,(H,21,22,23,24). The van der Waals surface area contributed by atoms with Crippen molar-refractivity contribution in [3.63, 3.8) is 0 Å². The summed E-state index contributed by atoms with van der Waals surface area (Å²) in [6, 6.07) is 6.02. The van der Waals surface area contributed by atoms with Crippen molar-refractivity contribution < 1.29 is 4.79 Å². The largest absolute Gasteiger partial charge is 0.342 e. The van der Waals surface area contributed by atoms with Crippen molar-refractivity contribution in [3.05, 3.63) is 41.0 Å². The normalized spacial score (nSPS) is 17.2. The van der Waals surface area contributed by atoms with Crippen LogP contribution >= 0.6 is 0 Å². The van der Waals surface area contributed by atoms with Crippen molar-refractivity contribution >= 4 is 17.5 Å². The highest BCUT2D eigenvalue weighted by Crippen LogP contribution is 2.28. The van der Waals surface area contributed by atoms with Crippen molar-refractivity contribution in [2.24, 2.45) is 0 Å². The first-order valence-corrected chi connectivity index (χ1v) is 9.30. The molecule has 1 aliphatic heterocycles. The molecule has 138 valence electrons. The van der Waals surface area contributed by atoms with Crippen molar-refractivity contribution in [2.45, 2.75) is 52.9 Å². The summed E-state index contributed by atoms with van der Waals surface area (Å²) in [4.78, 5) is 27.7. The molecule has 0 aliphatic carbocycles. The fraction of sp³-hybridized carbons (Fsp3) is 0.500. The molecule has 1 saturated heterocycles. The Labute approximate surface area is 155 Å². The van der Waals surface area contributed by atoms with E-state index in [1.807, 2.05) is 44.7 Å². The minimum absolute atomic E-state index is 0.226. The Morgan fingerprint density at radius 3 is 2.50 bits per heavy atom. The zero-order valence-corrected chi connectivity index (χ0v) is 16.0. The number of amides is 1. The molecule has 1 fully saturated rings. The Bertz CT molecular complexity index is 785. The summed E-state index contributed by atoms with van der Waals surface area (Å²) in [7, 11) is 0. The fourth-order valence-corrected chi connectivity index (χ4v) is 3.56. The molecule has 0 spiro atoms. The van der Waals surface area contributed by atoms with Gasteiger partial charge in [0, 0.05) is 53.9 Å². The van der Waals surface area contributed by atoms with E-state index in [2.05, 4.69) is 21.4 Å². The number of piperidine rings is 1. The average molecular weight is 353 g/mol. The SMILES string of the molecule is CCC(=O)N1CCCC(c2cc(Nc3nc(C)cc(C)n3)cc(C)n2)C1. The molecule has 0 bridgehead atoms. The average Bonchev–Trinajstić information content (AvgIpc) is 2.59. The van der Waals surface area contributed by atoms with E-state index >= 15 is 0 Å². The Hall–Kier alpha value is -2.50. The number of hydrogen-bond donors (Lipinski definition) is 1.